The third-order valence-corrected chi connectivity index (χ3v) is 3.06. The molecule has 5 nitrogen and oxygen atoms in total. The number of esters is 1. The molecule has 2 N–H and O–H groups in total. The Labute approximate surface area is 78.2 Å². The SMILES string of the molecule is COC(=O)CS(=O)(=O)CCCCN. The van der Waals surface area contributed by atoms with Crippen molar-refractivity contribution in [2.45, 2.75) is 12.8 Å². The maximum absolute atomic E-state index is 11.1. The van der Waals surface area contributed by atoms with Gasteiger partial charge in [0.25, 0.3) is 0 Å². The van der Waals surface area contributed by atoms with Crippen molar-refractivity contribution in [3.63, 3.8) is 0 Å². The zero-order valence-electron chi connectivity index (χ0n) is 7.65. The maximum Gasteiger partial charge on any atom is 0.320 e. The van der Waals surface area contributed by atoms with E-state index in [1.807, 2.05) is 0 Å². The molecule has 78 valence electrons. The van der Waals surface area contributed by atoms with Crippen LogP contribution in [0.1, 0.15) is 12.8 Å². The van der Waals surface area contributed by atoms with Crippen molar-refractivity contribution in [3.05, 3.63) is 0 Å². The molecular formula is C7H15NO4S. The van der Waals surface area contributed by atoms with Gasteiger partial charge in [0, 0.05) is 0 Å². The molecular weight excluding hydrogens is 194 g/mol. The molecule has 6 heteroatoms. The molecule has 0 amide bonds. The molecule has 0 bridgehead atoms. The predicted molar refractivity (Wildman–Crippen MR) is 49.0 cm³/mol. The van der Waals surface area contributed by atoms with Crippen molar-refractivity contribution < 1.29 is 17.9 Å². The number of carbonyl (C=O) groups excluding carboxylic acids is 1. The molecule has 13 heavy (non-hydrogen) atoms. The van der Waals surface area contributed by atoms with Crippen molar-refractivity contribution in [2.24, 2.45) is 5.73 Å². The van der Waals surface area contributed by atoms with Crippen molar-refractivity contribution in [2.75, 3.05) is 25.2 Å². The summed E-state index contributed by atoms with van der Waals surface area (Å²) in [6.45, 7) is 0.466. The average Bonchev–Trinajstić information content (AvgIpc) is 2.03. The lowest BCUT2D eigenvalue weighted by Gasteiger charge is -2.01. The van der Waals surface area contributed by atoms with Crippen LogP contribution in [0.4, 0.5) is 0 Å². The molecule has 0 aromatic rings. The summed E-state index contributed by atoms with van der Waals surface area (Å²) >= 11 is 0. The second-order valence-electron chi connectivity index (χ2n) is 2.66. The van der Waals surface area contributed by atoms with Gasteiger partial charge in [-0.1, -0.05) is 0 Å². The molecule has 0 aromatic carbocycles. The minimum absolute atomic E-state index is 0.000694. The number of methoxy groups -OCH3 is 1. The third-order valence-electron chi connectivity index (χ3n) is 1.47. The van der Waals surface area contributed by atoms with Crippen LogP contribution in [0.25, 0.3) is 0 Å². The van der Waals surface area contributed by atoms with E-state index in [0.717, 1.165) is 7.11 Å². The molecule has 0 spiro atoms. The van der Waals surface area contributed by atoms with Gasteiger partial charge in [-0.15, -0.1) is 0 Å². The van der Waals surface area contributed by atoms with Crippen LogP contribution in [-0.2, 0) is 19.4 Å². The summed E-state index contributed by atoms with van der Waals surface area (Å²) in [5, 5.41) is 0. The number of rotatable bonds is 6. The summed E-state index contributed by atoms with van der Waals surface area (Å²) in [6.07, 6.45) is 1.15. The highest BCUT2D eigenvalue weighted by atomic mass is 32.2. The lowest BCUT2D eigenvalue weighted by Crippen LogP contribution is -2.20. The summed E-state index contributed by atoms with van der Waals surface area (Å²) in [6, 6.07) is 0. The molecule has 0 heterocycles. The van der Waals surface area contributed by atoms with Crippen LogP contribution in [0.15, 0.2) is 0 Å². The van der Waals surface area contributed by atoms with Crippen LogP contribution < -0.4 is 5.73 Å². The molecule has 0 fully saturated rings. The van der Waals surface area contributed by atoms with E-state index in [1.165, 1.54) is 0 Å². The molecule has 0 aliphatic carbocycles. The fraction of sp³-hybridized carbons (Fsp3) is 0.857. The van der Waals surface area contributed by atoms with Crippen molar-refractivity contribution in [1.29, 1.82) is 0 Å². The van der Waals surface area contributed by atoms with Crippen LogP contribution in [0.5, 0.6) is 0 Å². The minimum Gasteiger partial charge on any atom is -0.468 e. The molecule has 0 unspecified atom stereocenters. The van der Waals surface area contributed by atoms with Gasteiger partial charge in [-0.05, 0) is 19.4 Å². The number of ether oxygens (including phenoxy) is 1. The average molecular weight is 209 g/mol. The normalized spacial score (nSPS) is 11.2. The van der Waals surface area contributed by atoms with Crippen LogP contribution in [0, 0.1) is 0 Å². The zero-order chi connectivity index (χ0) is 10.3. The molecule has 0 saturated carbocycles. The Morgan fingerprint density at radius 1 is 1.38 bits per heavy atom. The fourth-order valence-electron chi connectivity index (χ4n) is 0.777. The molecule has 0 atom stereocenters. The summed E-state index contributed by atoms with van der Waals surface area (Å²) in [5.41, 5.74) is 5.20. The van der Waals surface area contributed by atoms with Crippen molar-refractivity contribution in [1.82, 2.24) is 0 Å². The van der Waals surface area contributed by atoms with E-state index in [1.54, 1.807) is 0 Å². The van der Waals surface area contributed by atoms with E-state index in [4.69, 9.17) is 5.73 Å². The van der Waals surface area contributed by atoms with Gasteiger partial charge in [0.2, 0.25) is 0 Å². The standard InChI is InChI=1S/C7H15NO4S/c1-12-7(9)6-13(10,11)5-3-2-4-8/h2-6,8H2,1H3. The Morgan fingerprint density at radius 2 is 2.00 bits per heavy atom. The van der Waals surface area contributed by atoms with Crippen LogP contribution in [-0.4, -0.2) is 39.5 Å². The van der Waals surface area contributed by atoms with Gasteiger partial charge in [-0.25, -0.2) is 8.42 Å². The van der Waals surface area contributed by atoms with Gasteiger partial charge in [0.1, 0.15) is 5.75 Å². The van der Waals surface area contributed by atoms with Crippen LogP contribution >= 0.6 is 0 Å². The Balaban J connectivity index is 3.88. The lowest BCUT2D eigenvalue weighted by atomic mass is 10.3. The molecule has 0 aromatic heterocycles. The second-order valence-corrected chi connectivity index (χ2v) is 4.85. The van der Waals surface area contributed by atoms with E-state index >= 15 is 0 Å². The molecule has 0 radical (unpaired) electrons. The molecule has 0 saturated heterocycles. The molecule has 0 rings (SSSR count). The first-order chi connectivity index (χ1) is 6.02. The maximum atomic E-state index is 11.1. The first-order valence-corrected chi connectivity index (χ1v) is 5.81. The van der Waals surface area contributed by atoms with E-state index in [-0.39, 0.29) is 5.75 Å². The van der Waals surface area contributed by atoms with Gasteiger partial charge in [-0.2, -0.15) is 0 Å². The zero-order valence-corrected chi connectivity index (χ0v) is 8.47. The van der Waals surface area contributed by atoms with Crippen molar-refractivity contribution >= 4 is 15.8 Å². The summed E-state index contributed by atoms with van der Waals surface area (Å²) in [4.78, 5) is 10.6. The number of sulfone groups is 1. The quantitative estimate of drug-likeness (QED) is 0.462. The summed E-state index contributed by atoms with van der Waals surface area (Å²) < 4.78 is 26.5. The highest BCUT2D eigenvalue weighted by Crippen LogP contribution is 1.97. The lowest BCUT2D eigenvalue weighted by molar-refractivity contribution is -0.137. The van der Waals surface area contributed by atoms with Gasteiger partial charge in [0.15, 0.2) is 9.84 Å². The van der Waals surface area contributed by atoms with Crippen LogP contribution in [0.3, 0.4) is 0 Å². The largest absolute Gasteiger partial charge is 0.468 e. The fourth-order valence-corrected chi connectivity index (χ4v) is 2.04. The van der Waals surface area contributed by atoms with Gasteiger partial charge in [0.05, 0.1) is 12.9 Å². The Hall–Kier alpha value is -0.620. The van der Waals surface area contributed by atoms with Gasteiger partial charge >= 0.3 is 5.97 Å². The van der Waals surface area contributed by atoms with E-state index < -0.39 is 21.6 Å². The van der Waals surface area contributed by atoms with E-state index in [2.05, 4.69) is 4.74 Å². The number of carbonyl (C=O) groups is 1. The van der Waals surface area contributed by atoms with Gasteiger partial charge in [-0.3, -0.25) is 4.79 Å². The third kappa shape index (κ3) is 6.53. The predicted octanol–water partition coefficient (Wildman–Crippen LogP) is -0.687. The number of nitrogens with two attached hydrogens (primary N) is 1. The highest BCUT2D eigenvalue weighted by molar-refractivity contribution is 7.92. The molecule has 0 aliphatic heterocycles. The number of hydrogen-bond acceptors (Lipinski definition) is 5. The van der Waals surface area contributed by atoms with Gasteiger partial charge < -0.3 is 10.5 Å². The Bertz CT molecular complexity index is 247. The first kappa shape index (κ1) is 12.4. The monoisotopic (exact) mass is 209 g/mol. The van der Waals surface area contributed by atoms with Crippen LogP contribution in [0.2, 0.25) is 0 Å². The molecule has 0 aliphatic rings. The second kappa shape index (κ2) is 5.93. The van der Waals surface area contributed by atoms with Crippen molar-refractivity contribution in [3.8, 4) is 0 Å². The first-order valence-electron chi connectivity index (χ1n) is 3.99. The van der Waals surface area contributed by atoms with E-state index in [0.29, 0.717) is 19.4 Å². The van der Waals surface area contributed by atoms with E-state index in [9.17, 15) is 13.2 Å². The summed E-state index contributed by atoms with van der Waals surface area (Å²) in [7, 11) is -2.13. The Morgan fingerprint density at radius 3 is 2.46 bits per heavy atom. The smallest absolute Gasteiger partial charge is 0.320 e. The highest BCUT2D eigenvalue weighted by Gasteiger charge is 2.15. The number of unbranched alkanes of at least 4 members (excludes halogenated alkanes) is 1. The minimum atomic E-state index is -3.30. The number of hydrogen-bond donors (Lipinski definition) is 1. The topological polar surface area (TPSA) is 86.5 Å². The summed E-state index contributed by atoms with van der Waals surface area (Å²) in [5.74, 6) is -1.25. The Kier molecular flexibility index (Phi) is 5.65.